The number of imidazole rings is 1. The van der Waals surface area contributed by atoms with E-state index in [1.54, 1.807) is 0 Å². The SMILES string of the molecule is c1ccc2c(c1)ncn2CCOCC1CCNCC1. The molecule has 1 fully saturated rings. The fraction of sp³-hybridized carbons (Fsp3) is 0.533. The second kappa shape index (κ2) is 6.17. The molecule has 2 aromatic rings. The summed E-state index contributed by atoms with van der Waals surface area (Å²) in [6.07, 6.45) is 4.39. The topological polar surface area (TPSA) is 39.1 Å². The normalized spacial score (nSPS) is 17.1. The number of nitrogens with zero attached hydrogens (tertiary/aromatic N) is 2. The summed E-state index contributed by atoms with van der Waals surface area (Å²) in [6.45, 7) is 4.82. The van der Waals surface area contributed by atoms with Crippen LogP contribution >= 0.6 is 0 Å². The highest BCUT2D eigenvalue weighted by atomic mass is 16.5. The van der Waals surface area contributed by atoms with E-state index >= 15 is 0 Å². The molecule has 0 atom stereocenters. The van der Waals surface area contributed by atoms with E-state index in [0.29, 0.717) is 0 Å². The minimum absolute atomic E-state index is 0.737. The number of ether oxygens (including phenoxy) is 1. The second-order valence-electron chi connectivity index (χ2n) is 5.19. The molecule has 0 unspecified atom stereocenters. The van der Waals surface area contributed by atoms with Crippen LogP contribution in [-0.4, -0.2) is 35.9 Å². The van der Waals surface area contributed by atoms with E-state index in [0.717, 1.165) is 44.3 Å². The van der Waals surface area contributed by atoms with Gasteiger partial charge in [-0.3, -0.25) is 0 Å². The number of aromatic nitrogens is 2. The largest absolute Gasteiger partial charge is 0.379 e. The number of hydrogen-bond donors (Lipinski definition) is 1. The molecular weight excluding hydrogens is 238 g/mol. The number of piperidine rings is 1. The molecule has 0 aliphatic carbocycles. The highest BCUT2D eigenvalue weighted by Crippen LogP contribution is 2.13. The van der Waals surface area contributed by atoms with Crippen LogP contribution in [0.1, 0.15) is 12.8 Å². The Morgan fingerprint density at radius 3 is 3.00 bits per heavy atom. The Hall–Kier alpha value is -1.39. The Morgan fingerprint density at radius 1 is 1.26 bits per heavy atom. The molecule has 1 saturated heterocycles. The first-order valence-electron chi connectivity index (χ1n) is 7.12. The Kier molecular flexibility index (Phi) is 4.10. The summed E-state index contributed by atoms with van der Waals surface area (Å²) in [5, 5.41) is 3.38. The molecule has 0 amide bonds. The van der Waals surface area contributed by atoms with Gasteiger partial charge in [0.2, 0.25) is 0 Å². The molecule has 1 aromatic heterocycles. The Balaban J connectivity index is 1.47. The zero-order valence-electron chi connectivity index (χ0n) is 11.2. The lowest BCUT2D eigenvalue weighted by atomic mass is 9.99. The van der Waals surface area contributed by atoms with Gasteiger partial charge >= 0.3 is 0 Å². The van der Waals surface area contributed by atoms with Crippen molar-refractivity contribution in [3.05, 3.63) is 30.6 Å². The fourth-order valence-corrected chi connectivity index (χ4v) is 2.65. The van der Waals surface area contributed by atoms with Crippen LogP contribution in [0.25, 0.3) is 11.0 Å². The lowest BCUT2D eigenvalue weighted by Crippen LogP contribution is -2.30. The first-order valence-corrected chi connectivity index (χ1v) is 7.12. The zero-order valence-corrected chi connectivity index (χ0v) is 11.2. The summed E-state index contributed by atoms with van der Waals surface area (Å²) in [5.41, 5.74) is 2.24. The highest BCUT2D eigenvalue weighted by Gasteiger charge is 2.12. The van der Waals surface area contributed by atoms with Crippen molar-refractivity contribution < 1.29 is 4.74 Å². The maximum absolute atomic E-state index is 5.82. The summed E-state index contributed by atoms with van der Waals surface area (Å²) in [7, 11) is 0. The number of fused-ring (bicyclic) bond motifs is 1. The smallest absolute Gasteiger partial charge is 0.0959 e. The van der Waals surface area contributed by atoms with Gasteiger partial charge in [-0.05, 0) is 44.0 Å². The summed E-state index contributed by atoms with van der Waals surface area (Å²) >= 11 is 0. The van der Waals surface area contributed by atoms with Crippen molar-refractivity contribution in [1.82, 2.24) is 14.9 Å². The monoisotopic (exact) mass is 259 g/mol. The summed E-state index contributed by atoms with van der Waals surface area (Å²) < 4.78 is 7.98. The molecule has 4 nitrogen and oxygen atoms in total. The zero-order chi connectivity index (χ0) is 12.9. The van der Waals surface area contributed by atoms with Crippen molar-refractivity contribution in [3.63, 3.8) is 0 Å². The van der Waals surface area contributed by atoms with Crippen LogP contribution in [0, 0.1) is 5.92 Å². The highest BCUT2D eigenvalue weighted by molar-refractivity contribution is 5.74. The standard InChI is InChI=1S/C15H21N3O/c1-2-4-15-14(3-1)17-12-18(15)9-10-19-11-13-5-7-16-8-6-13/h1-4,12-13,16H,5-11H2. The quantitative estimate of drug-likeness (QED) is 0.835. The van der Waals surface area contributed by atoms with Crippen LogP contribution in [0.5, 0.6) is 0 Å². The molecular formula is C15H21N3O. The average Bonchev–Trinajstić information content (AvgIpc) is 2.88. The molecule has 1 aliphatic heterocycles. The van der Waals surface area contributed by atoms with Crippen LogP contribution in [0.3, 0.4) is 0 Å². The molecule has 1 aliphatic rings. The van der Waals surface area contributed by atoms with Crippen LogP contribution < -0.4 is 5.32 Å². The van der Waals surface area contributed by atoms with Gasteiger partial charge in [0.15, 0.2) is 0 Å². The van der Waals surface area contributed by atoms with Crippen molar-refractivity contribution in [3.8, 4) is 0 Å². The van der Waals surface area contributed by atoms with E-state index in [1.165, 1.54) is 18.4 Å². The van der Waals surface area contributed by atoms with Gasteiger partial charge in [-0.2, -0.15) is 0 Å². The van der Waals surface area contributed by atoms with E-state index in [1.807, 2.05) is 18.5 Å². The Morgan fingerprint density at radius 2 is 2.11 bits per heavy atom. The molecule has 2 heterocycles. The Bertz CT molecular complexity index is 517. The van der Waals surface area contributed by atoms with Crippen LogP contribution in [0.15, 0.2) is 30.6 Å². The van der Waals surface area contributed by atoms with E-state index in [2.05, 4.69) is 27.0 Å². The van der Waals surface area contributed by atoms with Gasteiger partial charge < -0.3 is 14.6 Å². The van der Waals surface area contributed by atoms with Gasteiger partial charge in [0, 0.05) is 13.2 Å². The maximum Gasteiger partial charge on any atom is 0.0959 e. The minimum Gasteiger partial charge on any atom is -0.379 e. The van der Waals surface area contributed by atoms with Crippen molar-refractivity contribution in [2.45, 2.75) is 19.4 Å². The molecule has 4 heteroatoms. The van der Waals surface area contributed by atoms with Crippen LogP contribution in [0.4, 0.5) is 0 Å². The molecule has 19 heavy (non-hydrogen) atoms. The molecule has 3 rings (SSSR count). The number of rotatable bonds is 5. The van der Waals surface area contributed by atoms with Crippen molar-refractivity contribution in [1.29, 1.82) is 0 Å². The molecule has 1 N–H and O–H groups in total. The average molecular weight is 259 g/mol. The molecule has 0 radical (unpaired) electrons. The maximum atomic E-state index is 5.82. The number of hydrogen-bond acceptors (Lipinski definition) is 3. The third kappa shape index (κ3) is 3.14. The summed E-state index contributed by atoms with van der Waals surface area (Å²) in [6, 6.07) is 8.22. The predicted octanol–water partition coefficient (Wildman–Crippen LogP) is 2.05. The molecule has 102 valence electrons. The second-order valence-corrected chi connectivity index (χ2v) is 5.19. The lowest BCUT2D eigenvalue weighted by molar-refractivity contribution is 0.0828. The number of para-hydroxylation sites is 2. The molecule has 0 saturated carbocycles. The summed E-state index contributed by atoms with van der Waals surface area (Å²) in [4.78, 5) is 4.39. The number of nitrogens with one attached hydrogen (secondary N) is 1. The van der Waals surface area contributed by atoms with Gasteiger partial charge in [-0.1, -0.05) is 12.1 Å². The van der Waals surface area contributed by atoms with E-state index in [9.17, 15) is 0 Å². The fourth-order valence-electron chi connectivity index (χ4n) is 2.65. The first kappa shape index (κ1) is 12.6. The van der Waals surface area contributed by atoms with E-state index in [-0.39, 0.29) is 0 Å². The van der Waals surface area contributed by atoms with Gasteiger partial charge in [-0.25, -0.2) is 4.98 Å². The third-order valence-corrected chi connectivity index (χ3v) is 3.82. The van der Waals surface area contributed by atoms with Gasteiger partial charge in [0.05, 0.1) is 24.0 Å². The van der Waals surface area contributed by atoms with Crippen molar-refractivity contribution >= 4 is 11.0 Å². The van der Waals surface area contributed by atoms with Crippen LogP contribution in [0.2, 0.25) is 0 Å². The molecule has 0 bridgehead atoms. The van der Waals surface area contributed by atoms with Gasteiger partial charge in [-0.15, -0.1) is 0 Å². The van der Waals surface area contributed by atoms with Crippen LogP contribution in [-0.2, 0) is 11.3 Å². The Labute approximate surface area is 113 Å². The third-order valence-electron chi connectivity index (χ3n) is 3.82. The van der Waals surface area contributed by atoms with Gasteiger partial charge in [0.25, 0.3) is 0 Å². The molecule has 1 aromatic carbocycles. The predicted molar refractivity (Wildman–Crippen MR) is 76.1 cm³/mol. The van der Waals surface area contributed by atoms with Crippen molar-refractivity contribution in [2.75, 3.05) is 26.3 Å². The van der Waals surface area contributed by atoms with E-state index in [4.69, 9.17) is 4.74 Å². The van der Waals surface area contributed by atoms with Gasteiger partial charge in [0.1, 0.15) is 0 Å². The van der Waals surface area contributed by atoms with Crippen molar-refractivity contribution in [2.24, 2.45) is 5.92 Å². The first-order chi connectivity index (χ1) is 9.43. The number of benzene rings is 1. The lowest BCUT2D eigenvalue weighted by Gasteiger charge is -2.22. The molecule has 0 spiro atoms. The minimum atomic E-state index is 0.737. The summed E-state index contributed by atoms with van der Waals surface area (Å²) in [5.74, 6) is 0.737. The van der Waals surface area contributed by atoms with E-state index < -0.39 is 0 Å².